The number of halogens is 1. The highest BCUT2D eigenvalue weighted by atomic mass is 32.1. The molecule has 0 saturated heterocycles. The summed E-state index contributed by atoms with van der Waals surface area (Å²) < 4.78 is 15.7. The largest absolute Gasteiger partial charge is 0.319 e. The van der Waals surface area contributed by atoms with E-state index in [1.54, 1.807) is 23.5 Å². The highest BCUT2D eigenvalue weighted by Gasteiger charge is 2.14. The first-order valence-electron chi connectivity index (χ1n) is 7.47. The first-order valence-corrected chi connectivity index (χ1v) is 8.29. The number of aryl methyl sites for hydroxylation is 1. The fourth-order valence-corrected chi connectivity index (χ4v) is 3.66. The Morgan fingerprint density at radius 1 is 1.04 bits per heavy atom. The van der Waals surface area contributed by atoms with E-state index < -0.39 is 0 Å². The maximum atomic E-state index is 13.5. The molecule has 4 rings (SSSR count). The van der Waals surface area contributed by atoms with Gasteiger partial charge in [0.2, 0.25) is 0 Å². The fraction of sp³-hybridized carbons (Fsp3) is 0.105. The van der Waals surface area contributed by atoms with Crippen molar-refractivity contribution < 1.29 is 4.39 Å². The molecule has 0 N–H and O–H groups in total. The van der Waals surface area contributed by atoms with E-state index in [-0.39, 0.29) is 5.82 Å². The second-order valence-corrected chi connectivity index (χ2v) is 6.84. The number of para-hydroxylation sites is 2. The molecule has 0 amide bonds. The van der Waals surface area contributed by atoms with Crippen LogP contribution in [0.5, 0.6) is 0 Å². The molecular weight excluding hydrogens is 307 g/mol. The van der Waals surface area contributed by atoms with Crippen LogP contribution in [0.2, 0.25) is 0 Å². The van der Waals surface area contributed by atoms with Gasteiger partial charge in [-0.15, -0.1) is 11.3 Å². The molecule has 2 aromatic carbocycles. The fourth-order valence-electron chi connectivity index (χ4n) is 2.80. The molecule has 0 bridgehead atoms. The molecule has 0 unspecified atom stereocenters. The topological polar surface area (TPSA) is 17.8 Å². The molecular formula is C19H15FN2S. The van der Waals surface area contributed by atoms with Crippen LogP contribution < -0.4 is 0 Å². The molecule has 0 aliphatic heterocycles. The van der Waals surface area contributed by atoms with Gasteiger partial charge in [-0.3, -0.25) is 0 Å². The molecule has 2 heterocycles. The van der Waals surface area contributed by atoms with Gasteiger partial charge >= 0.3 is 0 Å². The van der Waals surface area contributed by atoms with Gasteiger partial charge in [-0.05, 0) is 48.9 Å². The van der Waals surface area contributed by atoms with Crippen molar-refractivity contribution >= 4 is 22.4 Å². The van der Waals surface area contributed by atoms with Crippen LogP contribution in [-0.2, 0) is 6.54 Å². The lowest BCUT2D eigenvalue weighted by atomic mass is 10.2. The average Bonchev–Trinajstić information content (AvgIpc) is 3.12. The van der Waals surface area contributed by atoms with Crippen molar-refractivity contribution in [1.82, 2.24) is 9.55 Å². The van der Waals surface area contributed by atoms with E-state index >= 15 is 0 Å². The number of fused-ring (bicyclic) bond motifs is 1. The van der Waals surface area contributed by atoms with Gasteiger partial charge in [-0.2, -0.15) is 0 Å². The van der Waals surface area contributed by atoms with E-state index in [4.69, 9.17) is 4.98 Å². The number of imidazole rings is 1. The predicted molar refractivity (Wildman–Crippen MR) is 93.3 cm³/mol. The zero-order valence-corrected chi connectivity index (χ0v) is 13.5. The molecule has 0 atom stereocenters. The molecule has 0 aliphatic carbocycles. The molecule has 114 valence electrons. The molecule has 2 aromatic heterocycles. The van der Waals surface area contributed by atoms with Crippen LogP contribution >= 0.6 is 11.3 Å². The Bertz CT molecular complexity index is 984. The van der Waals surface area contributed by atoms with Gasteiger partial charge < -0.3 is 4.57 Å². The second-order valence-electron chi connectivity index (χ2n) is 5.55. The molecule has 0 spiro atoms. The van der Waals surface area contributed by atoms with E-state index in [0.29, 0.717) is 6.54 Å². The van der Waals surface area contributed by atoms with Gasteiger partial charge in [0.25, 0.3) is 0 Å². The molecule has 0 fully saturated rings. The maximum absolute atomic E-state index is 13.5. The maximum Gasteiger partial charge on any atom is 0.151 e. The molecule has 0 radical (unpaired) electrons. The summed E-state index contributed by atoms with van der Waals surface area (Å²) in [5.41, 5.74) is 2.96. The Morgan fingerprint density at radius 3 is 2.70 bits per heavy atom. The molecule has 4 aromatic rings. The van der Waals surface area contributed by atoms with Crippen molar-refractivity contribution in [3.63, 3.8) is 0 Å². The zero-order valence-electron chi connectivity index (χ0n) is 12.7. The van der Waals surface area contributed by atoms with Crippen molar-refractivity contribution in [2.45, 2.75) is 13.5 Å². The summed E-state index contributed by atoms with van der Waals surface area (Å²) in [6.45, 7) is 2.69. The van der Waals surface area contributed by atoms with Crippen LogP contribution in [0, 0.1) is 12.7 Å². The summed E-state index contributed by atoms with van der Waals surface area (Å²) in [7, 11) is 0. The van der Waals surface area contributed by atoms with Crippen LogP contribution in [0.25, 0.3) is 21.7 Å². The number of hydrogen-bond acceptors (Lipinski definition) is 2. The van der Waals surface area contributed by atoms with Gasteiger partial charge in [0.15, 0.2) is 5.82 Å². The summed E-state index contributed by atoms with van der Waals surface area (Å²) >= 11 is 1.73. The standard InChI is InChI=1S/C19H15FN2S/c1-13-9-10-18(23-13)19-21-16-7-2-3-8-17(16)22(19)12-14-5-4-6-15(20)11-14/h2-11H,12H2,1H3. The van der Waals surface area contributed by atoms with E-state index in [1.807, 2.05) is 24.3 Å². The molecule has 2 nitrogen and oxygen atoms in total. The van der Waals surface area contributed by atoms with E-state index in [1.165, 1.54) is 10.9 Å². The van der Waals surface area contributed by atoms with Crippen molar-refractivity contribution in [3.05, 3.63) is 76.9 Å². The van der Waals surface area contributed by atoms with Crippen molar-refractivity contribution in [2.75, 3.05) is 0 Å². The summed E-state index contributed by atoms with van der Waals surface area (Å²) in [5, 5.41) is 0. The quantitative estimate of drug-likeness (QED) is 0.503. The van der Waals surface area contributed by atoms with Crippen molar-refractivity contribution in [2.24, 2.45) is 0 Å². The minimum Gasteiger partial charge on any atom is -0.319 e. The van der Waals surface area contributed by atoms with Crippen molar-refractivity contribution in [1.29, 1.82) is 0 Å². The lowest BCUT2D eigenvalue weighted by molar-refractivity contribution is 0.624. The molecule has 0 aliphatic rings. The van der Waals surface area contributed by atoms with Crippen LogP contribution in [-0.4, -0.2) is 9.55 Å². The number of hydrogen-bond donors (Lipinski definition) is 0. The van der Waals surface area contributed by atoms with E-state index in [2.05, 4.69) is 29.7 Å². The molecule has 4 heteroatoms. The Balaban J connectivity index is 1.89. The van der Waals surface area contributed by atoms with Gasteiger partial charge in [-0.25, -0.2) is 9.37 Å². The van der Waals surface area contributed by atoms with Crippen LogP contribution in [0.4, 0.5) is 4.39 Å². The molecule has 0 saturated carbocycles. The third kappa shape index (κ3) is 2.66. The first kappa shape index (κ1) is 14.2. The van der Waals surface area contributed by atoms with E-state index in [9.17, 15) is 4.39 Å². The number of benzene rings is 2. The zero-order chi connectivity index (χ0) is 15.8. The number of nitrogens with zero attached hydrogens (tertiary/aromatic N) is 2. The van der Waals surface area contributed by atoms with Gasteiger partial charge in [0.1, 0.15) is 5.82 Å². The summed E-state index contributed by atoms with van der Waals surface area (Å²) in [6, 6.07) is 19.0. The lowest BCUT2D eigenvalue weighted by Crippen LogP contribution is -2.01. The Labute approximate surface area is 137 Å². The van der Waals surface area contributed by atoms with Crippen LogP contribution in [0.3, 0.4) is 0 Å². The smallest absolute Gasteiger partial charge is 0.151 e. The first-order chi connectivity index (χ1) is 11.2. The lowest BCUT2D eigenvalue weighted by Gasteiger charge is -2.08. The van der Waals surface area contributed by atoms with Gasteiger partial charge in [0.05, 0.1) is 15.9 Å². The summed E-state index contributed by atoms with van der Waals surface area (Å²) in [6.07, 6.45) is 0. The minimum atomic E-state index is -0.208. The number of rotatable bonds is 3. The van der Waals surface area contributed by atoms with Crippen LogP contribution in [0.15, 0.2) is 60.7 Å². The summed E-state index contributed by atoms with van der Waals surface area (Å²) in [5.74, 6) is 0.731. The Kier molecular flexibility index (Phi) is 3.46. The summed E-state index contributed by atoms with van der Waals surface area (Å²) in [4.78, 5) is 7.18. The monoisotopic (exact) mass is 322 g/mol. The minimum absolute atomic E-state index is 0.208. The average molecular weight is 322 g/mol. The van der Waals surface area contributed by atoms with Crippen LogP contribution in [0.1, 0.15) is 10.4 Å². The SMILES string of the molecule is Cc1ccc(-c2nc3ccccc3n2Cc2cccc(F)c2)s1. The third-order valence-electron chi connectivity index (χ3n) is 3.85. The number of thiophene rings is 1. The number of aromatic nitrogens is 2. The Morgan fingerprint density at radius 2 is 1.91 bits per heavy atom. The van der Waals surface area contributed by atoms with E-state index in [0.717, 1.165) is 27.3 Å². The van der Waals surface area contributed by atoms with Gasteiger partial charge in [-0.1, -0.05) is 24.3 Å². The van der Waals surface area contributed by atoms with Crippen molar-refractivity contribution in [3.8, 4) is 10.7 Å². The van der Waals surface area contributed by atoms with Gasteiger partial charge in [0, 0.05) is 11.4 Å². The predicted octanol–water partition coefficient (Wildman–Crippen LogP) is 5.26. The normalized spacial score (nSPS) is 11.2. The third-order valence-corrected chi connectivity index (χ3v) is 4.84. The highest BCUT2D eigenvalue weighted by molar-refractivity contribution is 7.15. The highest BCUT2D eigenvalue weighted by Crippen LogP contribution is 2.30. The second kappa shape index (κ2) is 5.63. The Hall–Kier alpha value is -2.46. The molecule has 23 heavy (non-hydrogen) atoms.